The number of hydrogen-bond acceptors (Lipinski definition) is 3. The summed E-state index contributed by atoms with van der Waals surface area (Å²) in [6.07, 6.45) is 7.07. The summed E-state index contributed by atoms with van der Waals surface area (Å²) >= 11 is 3.33. The number of rotatable bonds is 3. The number of hydrogen-bond donors (Lipinski definition) is 1. The molecular formula is C13H17BrN2O2. The zero-order valence-corrected chi connectivity index (χ0v) is 11.8. The maximum Gasteiger partial charge on any atom is 0.255 e. The van der Waals surface area contributed by atoms with E-state index in [1.54, 1.807) is 18.5 Å². The average Bonchev–Trinajstić information content (AvgIpc) is 2.39. The molecule has 1 fully saturated rings. The molecule has 2 rings (SSSR count). The van der Waals surface area contributed by atoms with Crippen molar-refractivity contribution in [1.82, 2.24) is 9.88 Å². The Morgan fingerprint density at radius 3 is 3.06 bits per heavy atom. The molecule has 0 saturated carbocycles. The summed E-state index contributed by atoms with van der Waals surface area (Å²) in [5, 5.41) is 9.07. The molecule has 5 heteroatoms. The summed E-state index contributed by atoms with van der Waals surface area (Å²) in [6, 6.07) is 1.95. The first kappa shape index (κ1) is 13.5. The molecule has 1 N–H and O–H groups in total. The SMILES string of the molecule is O=C(c1cncc(Br)c1)N1CCCCC1CCO. The van der Waals surface area contributed by atoms with Crippen molar-refractivity contribution in [1.29, 1.82) is 0 Å². The summed E-state index contributed by atoms with van der Waals surface area (Å²) in [7, 11) is 0. The highest BCUT2D eigenvalue weighted by Crippen LogP contribution is 2.22. The van der Waals surface area contributed by atoms with Crippen LogP contribution in [0.15, 0.2) is 22.9 Å². The van der Waals surface area contributed by atoms with Crippen LogP contribution in [0.25, 0.3) is 0 Å². The largest absolute Gasteiger partial charge is 0.396 e. The van der Waals surface area contributed by atoms with Crippen molar-refractivity contribution in [2.75, 3.05) is 13.2 Å². The fourth-order valence-corrected chi connectivity index (χ4v) is 2.78. The van der Waals surface area contributed by atoms with E-state index in [0.29, 0.717) is 12.0 Å². The molecule has 0 radical (unpaired) electrons. The van der Waals surface area contributed by atoms with E-state index in [2.05, 4.69) is 20.9 Å². The summed E-state index contributed by atoms with van der Waals surface area (Å²) in [4.78, 5) is 18.3. The number of aliphatic hydroxyl groups excluding tert-OH is 1. The van der Waals surface area contributed by atoms with E-state index < -0.39 is 0 Å². The second-order valence-corrected chi connectivity index (χ2v) is 5.47. The topological polar surface area (TPSA) is 53.4 Å². The van der Waals surface area contributed by atoms with Crippen LogP contribution in [0.3, 0.4) is 0 Å². The number of carbonyl (C=O) groups excluding carboxylic acids is 1. The fourth-order valence-electron chi connectivity index (χ4n) is 2.41. The van der Waals surface area contributed by atoms with Gasteiger partial charge < -0.3 is 10.0 Å². The van der Waals surface area contributed by atoms with Crippen molar-refractivity contribution < 1.29 is 9.90 Å². The Morgan fingerprint density at radius 2 is 2.33 bits per heavy atom. The highest BCUT2D eigenvalue weighted by Gasteiger charge is 2.27. The fraction of sp³-hybridized carbons (Fsp3) is 0.538. The molecule has 1 aliphatic heterocycles. The zero-order chi connectivity index (χ0) is 13.0. The van der Waals surface area contributed by atoms with Gasteiger partial charge in [-0.25, -0.2) is 0 Å². The van der Waals surface area contributed by atoms with Crippen LogP contribution in [-0.2, 0) is 0 Å². The van der Waals surface area contributed by atoms with Crippen LogP contribution in [0.2, 0.25) is 0 Å². The van der Waals surface area contributed by atoms with Gasteiger partial charge in [0.1, 0.15) is 0 Å². The van der Waals surface area contributed by atoms with Crippen LogP contribution < -0.4 is 0 Å². The normalized spacial score (nSPS) is 19.9. The third-order valence-corrected chi connectivity index (χ3v) is 3.74. The van der Waals surface area contributed by atoms with E-state index in [1.165, 1.54) is 0 Å². The van der Waals surface area contributed by atoms with Crippen LogP contribution in [0.5, 0.6) is 0 Å². The molecule has 0 aromatic carbocycles. The van der Waals surface area contributed by atoms with Crippen LogP contribution in [0.4, 0.5) is 0 Å². The van der Waals surface area contributed by atoms with Gasteiger partial charge in [0.25, 0.3) is 5.91 Å². The molecule has 1 unspecified atom stereocenters. The maximum absolute atomic E-state index is 12.4. The van der Waals surface area contributed by atoms with Gasteiger partial charge in [-0.3, -0.25) is 9.78 Å². The Labute approximate surface area is 115 Å². The average molecular weight is 313 g/mol. The summed E-state index contributed by atoms with van der Waals surface area (Å²) in [6.45, 7) is 0.904. The number of aromatic nitrogens is 1. The van der Waals surface area contributed by atoms with Gasteiger partial charge in [0, 0.05) is 36.1 Å². The second kappa shape index (κ2) is 6.29. The van der Waals surface area contributed by atoms with Crippen LogP contribution in [0, 0.1) is 0 Å². The van der Waals surface area contributed by atoms with E-state index >= 15 is 0 Å². The minimum atomic E-state index is 0.0157. The van der Waals surface area contributed by atoms with Gasteiger partial charge in [-0.1, -0.05) is 0 Å². The van der Waals surface area contributed by atoms with Gasteiger partial charge in [0.2, 0.25) is 0 Å². The van der Waals surface area contributed by atoms with E-state index in [1.807, 2.05) is 4.90 Å². The molecule has 1 aromatic rings. The molecule has 0 aliphatic carbocycles. The van der Waals surface area contributed by atoms with Crippen molar-refractivity contribution in [2.24, 2.45) is 0 Å². The highest BCUT2D eigenvalue weighted by atomic mass is 79.9. The van der Waals surface area contributed by atoms with Crippen molar-refractivity contribution in [2.45, 2.75) is 31.7 Å². The molecule has 4 nitrogen and oxygen atoms in total. The lowest BCUT2D eigenvalue weighted by Crippen LogP contribution is -2.44. The van der Waals surface area contributed by atoms with E-state index in [-0.39, 0.29) is 18.6 Å². The predicted molar refractivity (Wildman–Crippen MR) is 72.3 cm³/mol. The Hall–Kier alpha value is -0.940. The van der Waals surface area contributed by atoms with Gasteiger partial charge in [-0.15, -0.1) is 0 Å². The lowest BCUT2D eigenvalue weighted by molar-refractivity contribution is 0.0574. The van der Waals surface area contributed by atoms with Gasteiger partial charge >= 0.3 is 0 Å². The van der Waals surface area contributed by atoms with E-state index in [9.17, 15) is 4.79 Å². The summed E-state index contributed by atoms with van der Waals surface area (Å²) < 4.78 is 0.809. The van der Waals surface area contributed by atoms with Crippen molar-refractivity contribution in [3.63, 3.8) is 0 Å². The number of carbonyl (C=O) groups is 1. The molecule has 2 heterocycles. The molecule has 1 aromatic heterocycles. The van der Waals surface area contributed by atoms with E-state index in [4.69, 9.17) is 5.11 Å². The lowest BCUT2D eigenvalue weighted by atomic mass is 9.99. The predicted octanol–water partition coefficient (Wildman–Crippen LogP) is 2.22. The Kier molecular flexibility index (Phi) is 4.72. The van der Waals surface area contributed by atoms with E-state index in [0.717, 1.165) is 30.3 Å². The van der Waals surface area contributed by atoms with Gasteiger partial charge in [0.15, 0.2) is 0 Å². The number of nitrogens with zero attached hydrogens (tertiary/aromatic N) is 2. The van der Waals surface area contributed by atoms with Crippen LogP contribution in [-0.4, -0.2) is 40.1 Å². The molecule has 0 bridgehead atoms. The van der Waals surface area contributed by atoms with Crippen molar-refractivity contribution in [3.05, 3.63) is 28.5 Å². The first-order valence-electron chi connectivity index (χ1n) is 6.24. The third-order valence-electron chi connectivity index (χ3n) is 3.30. The molecule has 18 heavy (non-hydrogen) atoms. The van der Waals surface area contributed by atoms with Crippen molar-refractivity contribution >= 4 is 21.8 Å². The first-order chi connectivity index (χ1) is 8.72. The lowest BCUT2D eigenvalue weighted by Gasteiger charge is -2.35. The standard InChI is InChI=1S/C13H17BrN2O2/c14-11-7-10(8-15-9-11)13(18)16-5-2-1-3-12(16)4-6-17/h7-9,12,17H,1-6H2. The molecule has 1 aliphatic rings. The van der Waals surface area contributed by atoms with Crippen LogP contribution in [0.1, 0.15) is 36.0 Å². The molecule has 0 spiro atoms. The van der Waals surface area contributed by atoms with Gasteiger partial charge in [0.05, 0.1) is 5.56 Å². The number of aliphatic hydroxyl groups is 1. The number of amides is 1. The maximum atomic E-state index is 12.4. The van der Waals surface area contributed by atoms with Gasteiger partial charge in [-0.2, -0.15) is 0 Å². The Morgan fingerprint density at radius 1 is 1.50 bits per heavy atom. The molecular weight excluding hydrogens is 296 g/mol. The third kappa shape index (κ3) is 3.09. The quantitative estimate of drug-likeness (QED) is 0.931. The number of pyridine rings is 1. The Bertz CT molecular complexity index is 423. The van der Waals surface area contributed by atoms with Crippen molar-refractivity contribution in [3.8, 4) is 0 Å². The molecule has 1 atom stereocenters. The molecule has 98 valence electrons. The van der Waals surface area contributed by atoms with Gasteiger partial charge in [-0.05, 0) is 47.7 Å². The monoisotopic (exact) mass is 312 g/mol. The zero-order valence-electron chi connectivity index (χ0n) is 10.2. The molecule has 1 amide bonds. The highest BCUT2D eigenvalue weighted by molar-refractivity contribution is 9.10. The summed E-state index contributed by atoms with van der Waals surface area (Å²) in [5.41, 5.74) is 0.606. The second-order valence-electron chi connectivity index (χ2n) is 4.55. The first-order valence-corrected chi connectivity index (χ1v) is 7.04. The smallest absolute Gasteiger partial charge is 0.255 e. The number of halogens is 1. The molecule has 1 saturated heterocycles. The number of piperidine rings is 1. The minimum absolute atomic E-state index is 0.0157. The summed E-state index contributed by atoms with van der Waals surface area (Å²) in [5.74, 6) is 0.0157. The Balaban J connectivity index is 2.15. The number of likely N-dealkylation sites (tertiary alicyclic amines) is 1. The minimum Gasteiger partial charge on any atom is -0.396 e. The van der Waals surface area contributed by atoms with Crippen LogP contribution >= 0.6 is 15.9 Å².